The average Bonchev–Trinajstić information content (AvgIpc) is 2.18. The van der Waals surface area contributed by atoms with Crippen molar-refractivity contribution in [1.29, 1.82) is 0 Å². The van der Waals surface area contributed by atoms with Gasteiger partial charge in [0.15, 0.2) is 0 Å². The lowest BCUT2D eigenvalue weighted by atomic mass is 10.1. The quantitative estimate of drug-likeness (QED) is 0.597. The fourth-order valence-corrected chi connectivity index (χ4v) is 1.60. The summed E-state index contributed by atoms with van der Waals surface area (Å²) >= 11 is 0. The van der Waals surface area contributed by atoms with Crippen LogP contribution in [0.2, 0.25) is 0 Å². The number of carbonyl (C=O) groups is 1. The summed E-state index contributed by atoms with van der Waals surface area (Å²) in [6.45, 7) is 3.58. The van der Waals surface area contributed by atoms with Crippen molar-refractivity contribution in [2.75, 3.05) is 40.3 Å². The molecule has 5 heteroatoms. The van der Waals surface area contributed by atoms with Gasteiger partial charge in [0.05, 0.1) is 0 Å². The maximum Gasteiger partial charge on any atom is 0.315 e. The van der Waals surface area contributed by atoms with Gasteiger partial charge >= 0.3 is 6.03 Å². The van der Waals surface area contributed by atoms with Crippen molar-refractivity contribution in [3.63, 3.8) is 0 Å². The second kappa shape index (κ2) is 6.63. The predicted molar refractivity (Wildman–Crippen MR) is 61.0 cm³/mol. The zero-order valence-electron chi connectivity index (χ0n) is 9.68. The summed E-state index contributed by atoms with van der Waals surface area (Å²) in [7, 11) is 3.98. The summed E-state index contributed by atoms with van der Waals surface area (Å²) in [4.78, 5) is 13.5. The van der Waals surface area contributed by atoms with Crippen LogP contribution >= 0.6 is 0 Å². The van der Waals surface area contributed by atoms with Crippen LogP contribution in [0.5, 0.6) is 0 Å². The van der Waals surface area contributed by atoms with Gasteiger partial charge in [-0.15, -0.1) is 0 Å². The minimum Gasteiger partial charge on any atom is -0.337 e. The molecule has 5 nitrogen and oxygen atoms in total. The van der Waals surface area contributed by atoms with E-state index in [2.05, 4.69) is 16.0 Å². The van der Waals surface area contributed by atoms with E-state index < -0.39 is 0 Å². The maximum absolute atomic E-state index is 11.4. The summed E-state index contributed by atoms with van der Waals surface area (Å²) in [5.41, 5.74) is 0. The van der Waals surface area contributed by atoms with Gasteiger partial charge in [0.2, 0.25) is 0 Å². The molecule has 0 aromatic heterocycles. The van der Waals surface area contributed by atoms with Gasteiger partial charge < -0.3 is 20.9 Å². The second-order valence-electron chi connectivity index (χ2n) is 4.23. The van der Waals surface area contributed by atoms with Crippen LogP contribution in [0.4, 0.5) is 4.79 Å². The molecular formula is C10H22N4O. The summed E-state index contributed by atoms with van der Waals surface area (Å²) < 4.78 is 0. The molecule has 0 atom stereocenters. The van der Waals surface area contributed by atoms with Crippen LogP contribution < -0.4 is 16.0 Å². The molecule has 2 amide bonds. The van der Waals surface area contributed by atoms with Crippen molar-refractivity contribution in [2.24, 2.45) is 0 Å². The molecule has 1 aliphatic rings. The normalized spacial score (nSPS) is 17.8. The first kappa shape index (κ1) is 12.3. The van der Waals surface area contributed by atoms with Gasteiger partial charge in [0, 0.05) is 19.1 Å². The van der Waals surface area contributed by atoms with E-state index in [0.29, 0.717) is 12.6 Å². The Balaban J connectivity index is 2.06. The molecule has 0 spiro atoms. The van der Waals surface area contributed by atoms with Crippen LogP contribution in [0.25, 0.3) is 0 Å². The van der Waals surface area contributed by atoms with Gasteiger partial charge in [-0.25, -0.2) is 4.79 Å². The van der Waals surface area contributed by atoms with Gasteiger partial charge in [0.1, 0.15) is 0 Å². The van der Waals surface area contributed by atoms with Crippen LogP contribution in [0, 0.1) is 0 Å². The molecule has 0 saturated carbocycles. The first-order valence-electron chi connectivity index (χ1n) is 5.58. The van der Waals surface area contributed by atoms with E-state index >= 15 is 0 Å². The van der Waals surface area contributed by atoms with E-state index in [0.717, 1.165) is 32.5 Å². The number of amides is 2. The maximum atomic E-state index is 11.4. The Morgan fingerprint density at radius 2 is 2.07 bits per heavy atom. The van der Waals surface area contributed by atoms with E-state index in [9.17, 15) is 4.79 Å². The minimum absolute atomic E-state index is 0.0382. The molecule has 0 unspecified atom stereocenters. The van der Waals surface area contributed by atoms with Crippen LogP contribution in [0.15, 0.2) is 0 Å². The highest BCUT2D eigenvalue weighted by molar-refractivity contribution is 5.74. The largest absolute Gasteiger partial charge is 0.337 e. The lowest BCUT2D eigenvalue weighted by molar-refractivity contribution is 0.232. The number of hydrogen-bond acceptors (Lipinski definition) is 3. The molecule has 88 valence electrons. The van der Waals surface area contributed by atoms with E-state index in [1.54, 1.807) is 0 Å². The Hall–Kier alpha value is -0.810. The van der Waals surface area contributed by atoms with E-state index in [1.807, 2.05) is 19.0 Å². The number of piperidine rings is 1. The molecule has 15 heavy (non-hydrogen) atoms. The Morgan fingerprint density at radius 3 is 2.67 bits per heavy atom. The van der Waals surface area contributed by atoms with E-state index in [1.165, 1.54) is 0 Å². The van der Waals surface area contributed by atoms with Crippen LogP contribution in [0.1, 0.15) is 12.8 Å². The molecule has 1 rings (SSSR count). The molecule has 1 aliphatic heterocycles. The standard InChI is InChI=1S/C10H22N4O/c1-14(2)8-7-12-10(15)13-9-3-5-11-6-4-9/h9,11H,3-8H2,1-2H3,(H2,12,13,15). The number of hydrogen-bond donors (Lipinski definition) is 3. The first-order chi connectivity index (χ1) is 7.18. The van der Waals surface area contributed by atoms with Gasteiger partial charge in [0.25, 0.3) is 0 Å². The third kappa shape index (κ3) is 5.59. The first-order valence-corrected chi connectivity index (χ1v) is 5.58. The lowest BCUT2D eigenvalue weighted by Gasteiger charge is -2.23. The highest BCUT2D eigenvalue weighted by Crippen LogP contribution is 2.00. The van der Waals surface area contributed by atoms with Crippen molar-refractivity contribution in [1.82, 2.24) is 20.9 Å². The third-order valence-corrected chi connectivity index (χ3v) is 2.52. The van der Waals surface area contributed by atoms with Crippen LogP contribution in [-0.2, 0) is 0 Å². The monoisotopic (exact) mass is 214 g/mol. The molecule has 0 radical (unpaired) electrons. The number of likely N-dealkylation sites (N-methyl/N-ethyl adjacent to an activating group) is 1. The Labute approximate surface area is 91.6 Å². The van der Waals surface area contributed by atoms with E-state index in [-0.39, 0.29) is 6.03 Å². The number of urea groups is 1. The number of nitrogens with one attached hydrogen (secondary N) is 3. The Morgan fingerprint density at radius 1 is 1.40 bits per heavy atom. The molecule has 1 heterocycles. The molecule has 0 bridgehead atoms. The Kier molecular flexibility index (Phi) is 5.42. The molecule has 1 saturated heterocycles. The van der Waals surface area contributed by atoms with Gasteiger partial charge in [-0.3, -0.25) is 0 Å². The average molecular weight is 214 g/mol. The van der Waals surface area contributed by atoms with Gasteiger partial charge in [-0.05, 0) is 40.0 Å². The highest BCUT2D eigenvalue weighted by atomic mass is 16.2. The minimum atomic E-state index is -0.0382. The molecular weight excluding hydrogens is 192 g/mol. The topological polar surface area (TPSA) is 56.4 Å². The van der Waals surface area contributed by atoms with Crippen molar-refractivity contribution < 1.29 is 4.79 Å². The van der Waals surface area contributed by atoms with Gasteiger partial charge in [-0.2, -0.15) is 0 Å². The summed E-state index contributed by atoms with van der Waals surface area (Å²) in [6.07, 6.45) is 2.06. The smallest absolute Gasteiger partial charge is 0.315 e. The lowest BCUT2D eigenvalue weighted by Crippen LogP contribution is -2.47. The second-order valence-corrected chi connectivity index (χ2v) is 4.23. The summed E-state index contributed by atoms with van der Waals surface area (Å²) in [5, 5.41) is 9.10. The van der Waals surface area contributed by atoms with E-state index in [4.69, 9.17) is 0 Å². The highest BCUT2D eigenvalue weighted by Gasteiger charge is 2.14. The zero-order chi connectivity index (χ0) is 11.1. The van der Waals surface area contributed by atoms with Crippen molar-refractivity contribution in [2.45, 2.75) is 18.9 Å². The van der Waals surface area contributed by atoms with Crippen molar-refractivity contribution >= 4 is 6.03 Å². The Bertz CT molecular complexity index is 190. The predicted octanol–water partition coefficient (Wildman–Crippen LogP) is -0.401. The summed E-state index contributed by atoms with van der Waals surface area (Å²) in [6, 6.07) is 0.300. The fraction of sp³-hybridized carbons (Fsp3) is 0.900. The fourth-order valence-electron chi connectivity index (χ4n) is 1.60. The van der Waals surface area contributed by atoms with Crippen molar-refractivity contribution in [3.8, 4) is 0 Å². The van der Waals surface area contributed by atoms with Crippen LogP contribution in [0.3, 0.4) is 0 Å². The molecule has 3 N–H and O–H groups in total. The third-order valence-electron chi connectivity index (χ3n) is 2.52. The van der Waals surface area contributed by atoms with Gasteiger partial charge in [-0.1, -0.05) is 0 Å². The number of carbonyl (C=O) groups excluding carboxylic acids is 1. The van der Waals surface area contributed by atoms with Crippen molar-refractivity contribution in [3.05, 3.63) is 0 Å². The number of rotatable bonds is 4. The molecule has 0 aromatic carbocycles. The zero-order valence-corrected chi connectivity index (χ0v) is 9.68. The SMILES string of the molecule is CN(C)CCNC(=O)NC1CCNCC1. The summed E-state index contributed by atoms with van der Waals surface area (Å²) in [5.74, 6) is 0. The number of nitrogens with zero attached hydrogens (tertiary/aromatic N) is 1. The molecule has 0 aromatic rings. The molecule has 0 aliphatic carbocycles. The molecule has 1 fully saturated rings. The van der Waals surface area contributed by atoms with Crippen LogP contribution in [-0.4, -0.2) is 57.2 Å².